The van der Waals surface area contributed by atoms with Gasteiger partial charge in [-0.1, -0.05) is 32.9 Å². The molecule has 0 atom stereocenters. The molecule has 0 aliphatic rings. The van der Waals surface area contributed by atoms with E-state index in [1.807, 2.05) is 24.3 Å². The van der Waals surface area contributed by atoms with E-state index in [0.29, 0.717) is 17.2 Å². The maximum absolute atomic E-state index is 12.8. The first-order valence-corrected chi connectivity index (χ1v) is 10.5. The van der Waals surface area contributed by atoms with Gasteiger partial charge in [0.2, 0.25) is 9.84 Å². The lowest BCUT2D eigenvalue weighted by molar-refractivity contribution is 0.414. The van der Waals surface area contributed by atoms with Crippen molar-refractivity contribution in [3.63, 3.8) is 0 Å². The van der Waals surface area contributed by atoms with Crippen LogP contribution in [0.5, 0.6) is 17.2 Å². The summed E-state index contributed by atoms with van der Waals surface area (Å²) in [5, 5.41) is 0. The molecular formula is C23H24O4S. The van der Waals surface area contributed by atoms with E-state index in [-0.39, 0.29) is 15.2 Å². The highest BCUT2D eigenvalue weighted by Gasteiger charge is 2.18. The van der Waals surface area contributed by atoms with Crippen LogP contribution >= 0.6 is 0 Å². The summed E-state index contributed by atoms with van der Waals surface area (Å²) in [7, 11) is -2.05. The van der Waals surface area contributed by atoms with Gasteiger partial charge in [0.05, 0.1) is 16.9 Å². The average molecular weight is 397 g/mol. The fourth-order valence-electron chi connectivity index (χ4n) is 2.74. The number of ether oxygens (including phenoxy) is 2. The molecule has 0 heterocycles. The van der Waals surface area contributed by atoms with Crippen LogP contribution in [0.2, 0.25) is 0 Å². The average Bonchev–Trinajstić information content (AvgIpc) is 2.68. The Bertz CT molecular complexity index is 1030. The lowest BCUT2D eigenvalue weighted by Gasteiger charge is -2.19. The standard InChI is InChI=1S/C23H24O4S/c1-23(2,3)17-5-7-19(8-6-17)27-20-11-15-22(16-12-20)28(24,25)21-13-9-18(26-4)10-14-21/h5-16H,1-4H3. The lowest BCUT2D eigenvalue weighted by atomic mass is 9.87. The Labute approximate surface area is 166 Å². The van der Waals surface area contributed by atoms with Gasteiger partial charge in [-0.2, -0.15) is 0 Å². The quantitative estimate of drug-likeness (QED) is 0.562. The summed E-state index contributed by atoms with van der Waals surface area (Å²) in [4.78, 5) is 0.438. The maximum Gasteiger partial charge on any atom is 0.206 e. The molecule has 0 aliphatic heterocycles. The minimum absolute atomic E-state index is 0.0794. The third-order valence-electron chi connectivity index (χ3n) is 4.46. The molecule has 28 heavy (non-hydrogen) atoms. The highest BCUT2D eigenvalue weighted by Crippen LogP contribution is 2.29. The molecule has 3 aromatic rings. The number of hydrogen-bond donors (Lipinski definition) is 0. The van der Waals surface area contributed by atoms with Gasteiger partial charge in [-0.15, -0.1) is 0 Å². The Morgan fingerprint density at radius 1 is 0.643 bits per heavy atom. The Hall–Kier alpha value is -2.79. The molecule has 0 radical (unpaired) electrons. The third kappa shape index (κ3) is 4.37. The molecule has 4 nitrogen and oxygen atoms in total. The second-order valence-electron chi connectivity index (χ2n) is 7.53. The zero-order valence-electron chi connectivity index (χ0n) is 16.5. The summed E-state index contributed by atoms with van der Waals surface area (Å²) in [6, 6.07) is 20.7. The van der Waals surface area contributed by atoms with Gasteiger partial charge in [0.1, 0.15) is 17.2 Å². The van der Waals surface area contributed by atoms with E-state index in [1.165, 1.54) is 17.7 Å². The molecular weight excluding hydrogens is 372 g/mol. The molecule has 0 bridgehead atoms. The maximum atomic E-state index is 12.8. The van der Waals surface area contributed by atoms with Crippen molar-refractivity contribution in [2.45, 2.75) is 36.0 Å². The van der Waals surface area contributed by atoms with Crippen LogP contribution in [0, 0.1) is 0 Å². The zero-order valence-corrected chi connectivity index (χ0v) is 17.3. The smallest absolute Gasteiger partial charge is 0.206 e. The van der Waals surface area contributed by atoms with Crippen molar-refractivity contribution in [2.75, 3.05) is 7.11 Å². The third-order valence-corrected chi connectivity index (χ3v) is 6.25. The molecule has 0 saturated heterocycles. The molecule has 5 heteroatoms. The van der Waals surface area contributed by atoms with Gasteiger partial charge in [-0.05, 0) is 71.6 Å². The summed E-state index contributed by atoms with van der Waals surface area (Å²) < 4.78 is 36.4. The Kier molecular flexibility index (Phi) is 5.47. The SMILES string of the molecule is COc1ccc(S(=O)(=O)c2ccc(Oc3ccc(C(C)(C)C)cc3)cc2)cc1. The number of hydrogen-bond acceptors (Lipinski definition) is 4. The van der Waals surface area contributed by atoms with E-state index >= 15 is 0 Å². The summed E-state index contributed by atoms with van der Waals surface area (Å²) >= 11 is 0. The van der Waals surface area contributed by atoms with E-state index in [2.05, 4.69) is 20.8 Å². The molecule has 0 unspecified atom stereocenters. The second-order valence-corrected chi connectivity index (χ2v) is 9.48. The van der Waals surface area contributed by atoms with Crippen molar-refractivity contribution >= 4 is 9.84 Å². The van der Waals surface area contributed by atoms with Gasteiger partial charge < -0.3 is 9.47 Å². The fraction of sp³-hybridized carbons (Fsp3) is 0.217. The van der Waals surface area contributed by atoms with Crippen molar-refractivity contribution in [2.24, 2.45) is 0 Å². The molecule has 146 valence electrons. The largest absolute Gasteiger partial charge is 0.497 e. The molecule has 3 rings (SSSR count). The Balaban J connectivity index is 1.77. The lowest BCUT2D eigenvalue weighted by Crippen LogP contribution is -2.10. The van der Waals surface area contributed by atoms with Crippen molar-refractivity contribution in [3.8, 4) is 17.2 Å². The molecule has 0 N–H and O–H groups in total. The highest BCUT2D eigenvalue weighted by molar-refractivity contribution is 7.91. The molecule has 3 aromatic carbocycles. The van der Waals surface area contributed by atoms with Crippen molar-refractivity contribution < 1.29 is 17.9 Å². The van der Waals surface area contributed by atoms with E-state index in [4.69, 9.17) is 9.47 Å². The summed E-state index contributed by atoms with van der Waals surface area (Å²) in [6.45, 7) is 6.47. The molecule has 0 aliphatic carbocycles. The van der Waals surface area contributed by atoms with Crippen LogP contribution in [0.1, 0.15) is 26.3 Å². The first-order chi connectivity index (χ1) is 13.2. The number of benzene rings is 3. The van der Waals surface area contributed by atoms with Crippen LogP contribution in [0.4, 0.5) is 0 Å². The summed E-state index contributed by atoms with van der Waals surface area (Å²) in [6.07, 6.45) is 0. The van der Waals surface area contributed by atoms with Gasteiger partial charge in [0, 0.05) is 0 Å². The van der Waals surface area contributed by atoms with Gasteiger partial charge >= 0.3 is 0 Å². The highest BCUT2D eigenvalue weighted by atomic mass is 32.2. The topological polar surface area (TPSA) is 52.6 Å². The van der Waals surface area contributed by atoms with E-state index < -0.39 is 9.84 Å². The normalized spacial score (nSPS) is 11.9. The zero-order chi connectivity index (χ0) is 20.4. The second kappa shape index (κ2) is 7.68. The van der Waals surface area contributed by atoms with Crippen molar-refractivity contribution in [1.29, 1.82) is 0 Å². The number of sulfone groups is 1. The van der Waals surface area contributed by atoms with Gasteiger partial charge in [0.25, 0.3) is 0 Å². The van der Waals surface area contributed by atoms with Gasteiger partial charge in [0.15, 0.2) is 0 Å². The van der Waals surface area contributed by atoms with Crippen LogP contribution < -0.4 is 9.47 Å². The summed E-state index contributed by atoms with van der Waals surface area (Å²) in [5.74, 6) is 1.90. The van der Waals surface area contributed by atoms with E-state index in [0.717, 1.165) is 0 Å². The monoisotopic (exact) mass is 396 g/mol. The molecule has 0 saturated carbocycles. The predicted molar refractivity (Wildman–Crippen MR) is 110 cm³/mol. The fourth-order valence-corrected chi connectivity index (χ4v) is 4.00. The van der Waals surface area contributed by atoms with Gasteiger partial charge in [-0.25, -0.2) is 8.42 Å². The van der Waals surface area contributed by atoms with E-state index in [1.54, 1.807) is 43.5 Å². The van der Waals surface area contributed by atoms with Crippen LogP contribution in [-0.2, 0) is 15.3 Å². The van der Waals surface area contributed by atoms with Crippen LogP contribution in [0.25, 0.3) is 0 Å². The van der Waals surface area contributed by atoms with Crippen LogP contribution in [0.15, 0.2) is 82.6 Å². The Morgan fingerprint density at radius 3 is 1.43 bits per heavy atom. The van der Waals surface area contributed by atoms with E-state index in [9.17, 15) is 8.42 Å². The molecule has 0 aromatic heterocycles. The number of rotatable bonds is 5. The molecule has 0 amide bonds. The van der Waals surface area contributed by atoms with Crippen LogP contribution in [-0.4, -0.2) is 15.5 Å². The van der Waals surface area contributed by atoms with Gasteiger partial charge in [-0.3, -0.25) is 0 Å². The van der Waals surface area contributed by atoms with Crippen LogP contribution in [0.3, 0.4) is 0 Å². The van der Waals surface area contributed by atoms with Crippen molar-refractivity contribution in [1.82, 2.24) is 0 Å². The minimum Gasteiger partial charge on any atom is -0.497 e. The minimum atomic E-state index is -3.59. The first kappa shape index (κ1) is 20.0. The molecule has 0 fully saturated rings. The molecule has 0 spiro atoms. The first-order valence-electron chi connectivity index (χ1n) is 8.98. The Morgan fingerprint density at radius 2 is 1.04 bits per heavy atom. The van der Waals surface area contributed by atoms with Crippen molar-refractivity contribution in [3.05, 3.63) is 78.4 Å². The number of methoxy groups -OCH3 is 1. The summed E-state index contributed by atoms with van der Waals surface area (Å²) in [5.41, 5.74) is 1.30. The predicted octanol–water partition coefficient (Wildman–Crippen LogP) is 5.62.